The number of allylic oxidation sites excluding steroid dienone is 1. The van der Waals surface area contributed by atoms with Crippen molar-refractivity contribution in [1.29, 1.82) is 0 Å². The lowest BCUT2D eigenvalue weighted by molar-refractivity contribution is -0.122. The maximum atomic E-state index is 13.4. The maximum absolute atomic E-state index is 13.4. The molecule has 1 N–H and O–H groups in total. The van der Waals surface area contributed by atoms with Crippen LogP contribution in [0.1, 0.15) is 29.2 Å². The lowest BCUT2D eigenvalue weighted by atomic mass is 10.0. The van der Waals surface area contributed by atoms with Crippen molar-refractivity contribution in [3.63, 3.8) is 0 Å². The zero-order valence-electron chi connectivity index (χ0n) is 21.1. The third kappa shape index (κ3) is 5.86. The summed E-state index contributed by atoms with van der Waals surface area (Å²) >= 11 is 3.44. The third-order valence-corrected chi connectivity index (χ3v) is 6.41. The average Bonchev–Trinajstić information content (AvgIpc) is 2.88. The number of urea groups is 1. The predicted molar refractivity (Wildman–Crippen MR) is 150 cm³/mol. The number of halogens is 1. The zero-order chi connectivity index (χ0) is 27.2. The minimum absolute atomic E-state index is 0.164. The Labute approximate surface area is 229 Å². The Bertz CT molecular complexity index is 1430. The molecule has 1 saturated heterocycles. The molecule has 0 unspecified atom stereocenters. The fraction of sp³-hybridized carbons (Fsp3) is 0.167. The summed E-state index contributed by atoms with van der Waals surface area (Å²) in [6.07, 6.45) is 3.68. The first-order valence-electron chi connectivity index (χ1n) is 12.1. The summed E-state index contributed by atoms with van der Waals surface area (Å²) in [5.41, 5.74) is 3.29. The summed E-state index contributed by atoms with van der Waals surface area (Å²) in [6, 6.07) is 17.6. The van der Waals surface area contributed by atoms with Crippen LogP contribution < -0.4 is 19.7 Å². The molecule has 4 amide bonds. The number of nitrogens with one attached hydrogen (secondary N) is 1. The molecule has 0 aliphatic carbocycles. The molecule has 7 nitrogen and oxygen atoms in total. The van der Waals surface area contributed by atoms with Crippen molar-refractivity contribution >= 4 is 45.5 Å². The molecule has 1 aliphatic rings. The van der Waals surface area contributed by atoms with E-state index in [0.717, 1.165) is 26.1 Å². The summed E-state index contributed by atoms with van der Waals surface area (Å²) in [6.45, 7) is 8.21. The Morgan fingerprint density at radius 3 is 2.45 bits per heavy atom. The van der Waals surface area contributed by atoms with E-state index in [1.165, 1.54) is 6.08 Å². The van der Waals surface area contributed by atoms with Gasteiger partial charge in [-0.05, 0) is 73.4 Å². The van der Waals surface area contributed by atoms with Gasteiger partial charge in [-0.25, -0.2) is 9.69 Å². The summed E-state index contributed by atoms with van der Waals surface area (Å²) in [5, 5.41) is 2.27. The highest BCUT2D eigenvalue weighted by Crippen LogP contribution is 2.36. The van der Waals surface area contributed by atoms with Crippen LogP contribution in [0.25, 0.3) is 6.08 Å². The first kappa shape index (κ1) is 26.9. The van der Waals surface area contributed by atoms with Crippen molar-refractivity contribution in [2.75, 3.05) is 11.5 Å². The number of anilines is 1. The van der Waals surface area contributed by atoms with Crippen molar-refractivity contribution in [2.45, 2.75) is 26.9 Å². The number of barbiturate groups is 1. The molecule has 4 rings (SSSR count). The molecule has 0 bridgehead atoms. The number of nitrogens with zero attached hydrogens (tertiary/aromatic N) is 1. The van der Waals surface area contributed by atoms with Gasteiger partial charge in [0.25, 0.3) is 11.8 Å². The average molecular weight is 575 g/mol. The van der Waals surface area contributed by atoms with Gasteiger partial charge in [-0.2, -0.15) is 0 Å². The van der Waals surface area contributed by atoms with Crippen LogP contribution in [0, 0.1) is 6.92 Å². The summed E-state index contributed by atoms with van der Waals surface area (Å²) in [7, 11) is 0. The first-order chi connectivity index (χ1) is 18.3. The monoisotopic (exact) mass is 574 g/mol. The highest BCUT2D eigenvalue weighted by molar-refractivity contribution is 9.10. The molecule has 1 heterocycles. The minimum Gasteiger partial charge on any atom is -0.490 e. The molecule has 8 heteroatoms. The van der Waals surface area contributed by atoms with Gasteiger partial charge in [0, 0.05) is 10.0 Å². The van der Waals surface area contributed by atoms with Gasteiger partial charge >= 0.3 is 6.03 Å². The molecule has 0 aromatic heterocycles. The zero-order valence-corrected chi connectivity index (χ0v) is 22.7. The van der Waals surface area contributed by atoms with Gasteiger partial charge in [0.1, 0.15) is 12.2 Å². The number of hydrogen-bond acceptors (Lipinski definition) is 5. The van der Waals surface area contributed by atoms with Gasteiger partial charge < -0.3 is 9.47 Å². The molecule has 194 valence electrons. The molecular formula is C30H27BrN2O5. The molecule has 1 aliphatic heterocycles. The first-order valence-corrected chi connectivity index (χ1v) is 12.9. The molecule has 38 heavy (non-hydrogen) atoms. The quantitative estimate of drug-likeness (QED) is 0.189. The summed E-state index contributed by atoms with van der Waals surface area (Å²) < 4.78 is 13.0. The van der Waals surface area contributed by atoms with Crippen LogP contribution in [0.2, 0.25) is 0 Å². The van der Waals surface area contributed by atoms with Crippen molar-refractivity contribution in [3.05, 3.63) is 106 Å². The Balaban J connectivity index is 1.72. The third-order valence-electron chi connectivity index (χ3n) is 5.88. The van der Waals surface area contributed by atoms with Gasteiger partial charge in [0.15, 0.2) is 11.5 Å². The maximum Gasteiger partial charge on any atom is 0.335 e. The van der Waals surface area contributed by atoms with E-state index in [-0.39, 0.29) is 5.57 Å². The lowest BCUT2D eigenvalue weighted by Gasteiger charge is -2.27. The van der Waals surface area contributed by atoms with Crippen LogP contribution in [-0.4, -0.2) is 24.5 Å². The van der Waals surface area contributed by atoms with E-state index in [0.29, 0.717) is 42.4 Å². The van der Waals surface area contributed by atoms with Gasteiger partial charge in [-0.3, -0.25) is 14.9 Å². The number of carbonyl (C=O) groups is 3. The minimum atomic E-state index is -0.787. The molecule has 3 aromatic rings. The number of rotatable bonds is 9. The lowest BCUT2D eigenvalue weighted by Crippen LogP contribution is -2.54. The number of para-hydroxylation sites is 1. The Hall–Kier alpha value is -4.17. The van der Waals surface area contributed by atoms with Crippen molar-refractivity contribution in [3.8, 4) is 11.5 Å². The van der Waals surface area contributed by atoms with E-state index in [1.807, 2.05) is 43.3 Å². The van der Waals surface area contributed by atoms with Crippen LogP contribution in [0.3, 0.4) is 0 Å². The second-order valence-corrected chi connectivity index (χ2v) is 9.51. The van der Waals surface area contributed by atoms with Crippen LogP contribution in [0.5, 0.6) is 11.5 Å². The molecule has 0 spiro atoms. The number of benzene rings is 3. The highest BCUT2D eigenvalue weighted by atomic mass is 79.9. The Morgan fingerprint density at radius 1 is 1.03 bits per heavy atom. The fourth-order valence-electron chi connectivity index (χ4n) is 4.09. The Morgan fingerprint density at radius 2 is 1.76 bits per heavy atom. The summed E-state index contributed by atoms with van der Waals surface area (Å²) in [5.74, 6) is -0.422. The van der Waals surface area contributed by atoms with E-state index in [1.54, 1.807) is 37.3 Å². The summed E-state index contributed by atoms with van der Waals surface area (Å²) in [4.78, 5) is 39.7. The Kier molecular flexibility index (Phi) is 8.43. The molecule has 3 aromatic carbocycles. The predicted octanol–water partition coefficient (Wildman–Crippen LogP) is 6.13. The van der Waals surface area contributed by atoms with Crippen LogP contribution in [-0.2, 0) is 22.6 Å². The van der Waals surface area contributed by atoms with E-state index < -0.39 is 17.8 Å². The van der Waals surface area contributed by atoms with Crippen LogP contribution >= 0.6 is 15.9 Å². The van der Waals surface area contributed by atoms with E-state index in [9.17, 15) is 14.4 Å². The molecule has 0 radical (unpaired) electrons. The molecule has 1 fully saturated rings. The topological polar surface area (TPSA) is 84.9 Å². The number of ether oxygens (including phenoxy) is 2. The highest BCUT2D eigenvalue weighted by Gasteiger charge is 2.37. The van der Waals surface area contributed by atoms with Crippen LogP contribution in [0.4, 0.5) is 10.5 Å². The molecule has 0 atom stereocenters. The largest absolute Gasteiger partial charge is 0.490 e. The van der Waals surface area contributed by atoms with E-state index in [2.05, 4.69) is 27.8 Å². The van der Waals surface area contributed by atoms with Crippen molar-refractivity contribution < 1.29 is 23.9 Å². The van der Waals surface area contributed by atoms with Gasteiger partial charge in [0.05, 0.1) is 12.3 Å². The number of hydrogen-bond donors (Lipinski definition) is 1. The number of imide groups is 2. The van der Waals surface area contributed by atoms with Gasteiger partial charge in [-0.15, -0.1) is 6.58 Å². The SMILES string of the molecule is C=CCc1cc(/C=C2\C(=O)NC(=O)N(c3ccccc3C)C2=O)cc(OCC)c1OCc1ccc(Br)cc1. The number of aryl methyl sites for hydroxylation is 1. The van der Waals surface area contributed by atoms with E-state index >= 15 is 0 Å². The standard InChI is InChI=1S/C30H27BrN2O5/c1-4-8-22-15-21(17-26(37-5-2)27(22)38-18-20-11-13-23(31)14-12-20)16-24-28(34)32-30(36)33(29(24)35)25-10-7-6-9-19(25)3/h4,6-7,9-17H,1,5,8,18H2,2-3H3,(H,32,34,36)/b24-16+. The number of carbonyl (C=O) groups excluding carboxylic acids is 3. The van der Waals surface area contributed by atoms with Crippen LogP contribution in [0.15, 0.2) is 83.4 Å². The van der Waals surface area contributed by atoms with Crippen molar-refractivity contribution in [1.82, 2.24) is 5.32 Å². The molecular weight excluding hydrogens is 548 g/mol. The van der Waals surface area contributed by atoms with Crippen molar-refractivity contribution in [2.24, 2.45) is 0 Å². The smallest absolute Gasteiger partial charge is 0.335 e. The molecule has 0 saturated carbocycles. The second kappa shape index (κ2) is 11.9. The number of amides is 4. The second-order valence-electron chi connectivity index (χ2n) is 8.59. The fourth-order valence-corrected chi connectivity index (χ4v) is 4.36. The normalized spacial score (nSPS) is 14.4. The van der Waals surface area contributed by atoms with E-state index in [4.69, 9.17) is 9.47 Å². The van der Waals surface area contributed by atoms with Gasteiger partial charge in [0.2, 0.25) is 0 Å². The van der Waals surface area contributed by atoms with Gasteiger partial charge in [-0.1, -0.05) is 52.3 Å².